The van der Waals surface area contributed by atoms with Crippen molar-refractivity contribution in [1.29, 1.82) is 0 Å². The van der Waals surface area contributed by atoms with Crippen molar-refractivity contribution in [3.8, 4) is 0 Å². The average Bonchev–Trinajstić information content (AvgIpc) is 2.41. The molecule has 0 saturated carbocycles. The number of nitrogens with zero attached hydrogens (tertiary/aromatic N) is 1. The summed E-state index contributed by atoms with van der Waals surface area (Å²) < 4.78 is 26.8. The standard InChI is InChI=1S/C14H14N2O2S/c1-3-12-6-8-13(9-7-12)19(17,18)16-14-11(2)5-4-10-15-14/h3-10H,1H2,2H3,(H,15,16). The van der Waals surface area contributed by atoms with Crippen LogP contribution in [0.25, 0.3) is 6.08 Å². The molecule has 1 heterocycles. The molecule has 2 aromatic rings. The van der Waals surface area contributed by atoms with Crippen LogP contribution in [0.3, 0.4) is 0 Å². The second kappa shape index (κ2) is 5.24. The van der Waals surface area contributed by atoms with Gasteiger partial charge in [-0.25, -0.2) is 13.4 Å². The Kier molecular flexibility index (Phi) is 3.66. The fourth-order valence-electron chi connectivity index (χ4n) is 1.56. The molecule has 0 unspecified atom stereocenters. The lowest BCUT2D eigenvalue weighted by Gasteiger charge is -2.09. The number of sulfonamides is 1. The highest BCUT2D eigenvalue weighted by Crippen LogP contribution is 2.17. The largest absolute Gasteiger partial charge is 0.263 e. The summed E-state index contributed by atoms with van der Waals surface area (Å²) >= 11 is 0. The molecule has 0 radical (unpaired) electrons. The summed E-state index contributed by atoms with van der Waals surface area (Å²) in [6.45, 7) is 5.42. The number of aromatic nitrogens is 1. The minimum absolute atomic E-state index is 0.197. The number of pyridine rings is 1. The number of nitrogens with one attached hydrogen (secondary N) is 1. The third kappa shape index (κ3) is 3.00. The Balaban J connectivity index is 2.32. The van der Waals surface area contributed by atoms with Gasteiger partial charge in [-0.1, -0.05) is 30.9 Å². The van der Waals surface area contributed by atoms with Gasteiger partial charge in [-0.05, 0) is 36.2 Å². The van der Waals surface area contributed by atoms with Gasteiger partial charge in [-0.3, -0.25) is 4.72 Å². The summed E-state index contributed by atoms with van der Waals surface area (Å²) in [5.41, 5.74) is 1.64. The Bertz CT molecular complexity index is 692. The first-order chi connectivity index (χ1) is 9.03. The highest BCUT2D eigenvalue weighted by Gasteiger charge is 2.15. The molecule has 1 aromatic carbocycles. The molecule has 5 heteroatoms. The van der Waals surface area contributed by atoms with E-state index >= 15 is 0 Å². The molecule has 0 fully saturated rings. The third-order valence-electron chi connectivity index (χ3n) is 2.67. The van der Waals surface area contributed by atoms with Crippen LogP contribution in [0.1, 0.15) is 11.1 Å². The lowest BCUT2D eigenvalue weighted by molar-refractivity contribution is 0.601. The van der Waals surface area contributed by atoms with Crippen LogP contribution in [-0.2, 0) is 10.0 Å². The van der Waals surface area contributed by atoms with Crippen molar-refractivity contribution >= 4 is 21.9 Å². The van der Waals surface area contributed by atoms with Crippen molar-refractivity contribution in [3.05, 3.63) is 60.3 Å². The fourth-order valence-corrected chi connectivity index (χ4v) is 2.64. The molecule has 1 aromatic heterocycles. The number of aryl methyl sites for hydroxylation is 1. The van der Waals surface area contributed by atoms with Crippen LogP contribution < -0.4 is 4.72 Å². The van der Waals surface area contributed by atoms with Crippen LogP contribution in [0, 0.1) is 6.92 Å². The Morgan fingerprint density at radius 2 is 1.89 bits per heavy atom. The third-order valence-corrected chi connectivity index (χ3v) is 4.02. The van der Waals surface area contributed by atoms with E-state index in [1.54, 1.807) is 43.5 Å². The van der Waals surface area contributed by atoms with Gasteiger partial charge in [0.25, 0.3) is 10.0 Å². The van der Waals surface area contributed by atoms with E-state index in [0.29, 0.717) is 5.82 Å². The summed E-state index contributed by atoms with van der Waals surface area (Å²) in [5, 5.41) is 0. The smallest absolute Gasteiger partial charge is 0.263 e. The summed E-state index contributed by atoms with van der Waals surface area (Å²) in [6.07, 6.45) is 3.21. The van der Waals surface area contributed by atoms with E-state index in [0.717, 1.165) is 11.1 Å². The highest BCUT2D eigenvalue weighted by atomic mass is 32.2. The van der Waals surface area contributed by atoms with Crippen LogP contribution in [0.2, 0.25) is 0 Å². The first kappa shape index (κ1) is 13.3. The normalized spacial score (nSPS) is 11.0. The van der Waals surface area contributed by atoms with E-state index in [1.165, 1.54) is 12.1 Å². The predicted molar refractivity (Wildman–Crippen MR) is 76.3 cm³/mol. The molecule has 2 rings (SSSR count). The monoisotopic (exact) mass is 274 g/mol. The van der Waals surface area contributed by atoms with Crippen LogP contribution in [-0.4, -0.2) is 13.4 Å². The van der Waals surface area contributed by atoms with Crippen LogP contribution in [0.5, 0.6) is 0 Å². The molecule has 0 bridgehead atoms. The average molecular weight is 274 g/mol. The second-order valence-electron chi connectivity index (χ2n) is 4.05. The van der Waals surface area contributed by atoms with E-state index in [4.69, 9.17) is 0 Å². The summed E-state index contributed by atoms with van der Waals surface area (Å²) in [4.78, 5) is 4.21. The first-order valence-electron chi connectivity index (χ1n) is 5.70. The van der Waals surface area contributed by atoms with Gasteiger partial charge in [-0.2, -0.15) is 0 Å². The van der Waals surface area contributed by atoms with E-state index in [2.05, 4.69) is 16.3 Å². The van der Waals surface area contributed by atoms with Gasteiger partial charge in [0.15, 0.2) is 0 Å². The quantitative estimate of drug-likeness (QED) is 0.932. The van der Waals surface area contributed by atoms with E-state index in [9.17, 15) is 8.42 Å². The minimum atomic E-state index is -3.61. The van der Waals surface area contributed by atoms with Crippen molar-refractivity contribution in [1.82, 2.24) is 4.98 Å². The van der Waals surface area contributed by atoms with Crippen LogP contribution >= 0.6 is 0 Å². The van der Waals surface area contributed by atoms with E-state index in [1.807, 2.05) is 0 Å². The molecule has 0 atom stereocenters. The van der Waals surface area contributed by atoms with Crippen molar-refractivity contribution in [2.75, 3.05) is 4.72 Å². The number of hydrogen-bond acceptors (Lipinski definition) is 3. The van der Waals surface area contributed by atoms with Gasteiger partial charge in [-0.15, -0.1) is 0 Å². The number of anilines is 1. The van der Waals surface area contributed by atoms with E-state index < -0.39 is 10.0 Å². The van der Waals surface area contributed by atoms with Crippen molar-refractivity contribution in [3.63, 3.8) is 0 Å². The fraction of sp³-hybridized carbons (Fsp3) is 0.0714. The molecule has 0 amide bonds. The maximum Gasteiger partial charge on any atom is 0.263 e. The number of rotatable bonds is 4. The summed E-state index contributed by atoms with van der Waals surface area (Å²) in [6, 6.07) is 10.0. The van der Waals surface area contributed by atoms with E-state index in [-0.39, 0.29) is 4.90 Å². The molecule has 0 aliphatic carbocycles. The lowest BCUT2D eigenvalue weighted by atomic mass is 10.2. The molecular formula is C14H14N2O2S. The molecule has 0 aliphatic heterocycles. The summed E-state index contributed by atoms with van der Waals surface area (Å²) in [5.74, 6) is 0.343. The molecule has 0 aliphatic rings. The van der Waals surface area contributed by atoms with Gasteiger partial charge in [0.05, 0.1) is 4.90 Å². The van der Waals surface area contributed by atoms with Crippen LogP contribution in [0.4, 0.5) is 5.82 Å². The van der Waals surface area contributed by atoms with Gasteiger partial charge in [0, 0.05) is 6.20 Å². The zero-order valence-corrected chi connectivity index (χ0v) is 11.3. The van der Waals surface area contributed by atoms with Gasteiger partial charge >= 0.3 is 0 Å². The molecular weight excluding hydrogens is 260 g/mol. The van der Waals surface area contributed by atoms with Crippen LogP contribution in [0.15, 0.2) is 54.1 Å². The maximum absolute atomic E-state index is 12.2. The second-order valence-corrected chi connectivity index (χ2v) is 5.73. The molecule has 19 heavy (non-hydrogen) atoms. The maximum atomic E-state index is 12.2. The molecule has 1 N–H and O–H groups in total. The Morgan fingerprint density at radius 1 is 1.21 bits per heavy atom. The van der Waals surface area contributed by atoms with Gasteiger partial charge in [0.2, 0.25) is 0 Å². The van der Waals surface area contributed by atoms with Gasteiger partial charge in [0.1, 0.15) is 5.82 Å². The lowest BCUT2D eigenvalue weighted by Crippen LogP contribution is -2.14. The molecule has 0 spiro atoms. The van der Waals surface area contributed by atoms with Crippen molar-refractivity contribution in [2.45, 2.75) is 11.8 Å². The Hall–Kier alpha value is -2.14. The highest BCUT2D eigenvalue weighted by molar-refractivity contribution is 7.92. The SMILES string of the molecule is C=Cc1ccc(S(=O)(=O)Nc2ncccc2C)cc1. The first-order valence-corrected chi connectivity index (χ1v) is 7.18. The molecule has 98 valence electrons. The topological polar surface area (TPSA) is 59.1 Å². The molecule has 4 nitrogen and oxygen atoms in total. The molecule has 0 saturated heterocycles. The Labute approximate surface area is 112 Å². The summed E-state index contributed by atoms with van der Waals surface area (Å²) in [7, 11) is -3.61. The number of hydrogen-bond donors (Lipinski definition) is 1. The van der Waals surface area contributed by atoms with Crippen molar-refractivity contribution in [2.24, 2.45) is 0 Å². The van der Waals surface area contributed by atoms with Crippen molar-refractivity contribution < 1.29 is 8.42 Å². The minimum Gasteiger partial charge on any atom is -0.263 e. The zero-order chi connectivity index (χ0) is 13.9. The number of benzene rings is 1. The zero-order valence-electron chi connectivity index (χ0n) is 10.5. The van der Waals surface area contributed by atoms with Gasteiger partial charge < -0.3 is 0 Å². The predicted octanol–water partition coefficient (Wildman–Crippen LogP) is 2.83. The Morgan fingerprint density at radius 3 is 2.47 bits per heavy atom.